The Morgan fingerprint density at radius 2 is 1.55 bits per heavy atom. The summed E-state index contributed by atoms with van der Waals surface area (Å²) < 4.78 is 5.83. The number of amides is 2. The number of hydrogen-bond donors (Lipinski definition) is 0. The number of carbonyl (C=O) groups is 2. The minimum atomic E-state index is -0.744. The lowest BCUT2D eigenvalue weighted by Crippen LogP contribution is -2.47. The number of benzene rings is 2. The molecule has 6 heteroatoms. The van der Waals surface area contributed by atoms with E-state index in [1.807, 2.05) is 56.3 Å². The second-order valence-corrected chi connectivity index (χ2v) is 8.23. The van der Waals surface area contributed by atoms with Gasteiger partial charge < -0.3 is 14.5 Å². The van der Waals surface area contributed by atoms with Gasteiger partial charge in [0.15, 0.2) is 0 Å². The summed E-state index contributed by atoms with van der Waals surface area (Å²) in [5, 5.41) is -0.467. The van der Waals surface area contributed by atoms with Gasteiger partial charge in [0.1, 0.15) is 5.60 Å². The highest BCUT2D eigenvalue weighted by Gasteiger charge is 2.32. The molecule has 2 aromatic carbocycles. The Morgan fingerprint density at radius 1 is 1.00 bits per heavy atom. The monoisotopic (exact) mass is 414 g/mol. The van der Waals surface area contributed by atoms with Crippen molar-refractivity contribution in [2.75, 3.05) is 20.1 Å². The van der Waals surface area contributed by atoms with Crippen LogP contribution in [0.2, 0.25) is 0 Å². The van der Waals surface area contributed by atoms with Gasteiger partial charge in [0, 0.05) is 26.2 Å². The molecule has 5 nitrogen and oxygen atoms in total. The lowest BCUT2D eigenvalue weighted by atomic mass is 9.95. The number of likely N-dealkylation sites (tertiary alicyclic amines) is 1. The first-order chi connectivity index (χ1) is 13.8. The van der Waals surface area contributed by atoms with Gasteiger partial charge in [-0.15, -0.1) is 0 Å². The third-order valence-electron chi connectivity index (χ3n) is 5.58. The zero-order valence-electron chi connectivity index (χ0n) is 17.1. The number of hydrogen-bond acceptors (Lipinski definition) is 3. The lowest BCUT2D eigenvalue weighted by molar-refractivity contribution is 0.00447. The number of piperidine rings is 1. The van der Waals surface area contributed by atoms with Crippen LogP contribution in [0.5, 0.6) is 0 Å². The summed E-state index contributed by atoms with van der Waals surface area (Å²) in [5.41, 5.74) is 2.47. The van der Waals surface area contributed by atoms with Crippen LogP contribution in [0.1, 0.15) is 32.3 Å². The number of carbonyl (C=O) groups excluding carboxylic acids is 2. The van der Waals surface area contributed by atoms with Crippen molar-refractivity contribution >= 4 is 23.1 Å². The zero-order valence-corrected chi connectivity index (χ0v) is 17.9. The predicted octanol–water partition coefficient (Wildman–Crippen LogP) is 5.48. The van der Waals surface area contributed by atoms with Crippen LogP contribution in [0.25, 0.3) is 11.1 Å². The van der Waals surface area contributed by atoms with E-state index in [4.69, 9.17) is 16.3 Å². The van der Waals surface area contributed by atoms with Gasteiger partial charge >= 0.3 is 11.5 Å². The second-order valence-electron chi connectivity index (χ2n) is 7.90. The number of ether oxygens (including phenoxy) is 1. The van der Waals surface area contributed by atoms with Gasteiger partial charge in [-0.1, -0.05) is 54.6 Å². The van der Waals surface area contributed by atoms with Crippen LogP contribution in [0.3, 0.4) is 0 Å². The highest BCUT2D eigenvalue weighted by molar-refractivity contribution is 6.62. The van der Waals surface area contributed by atoms with Crippen molar-refractivity contribution in [2.45, 2.75) is 38.3 Å². The van der Waals surface area contributed by atoms with Crippen molar-refractivity contribution in [1.82, 2.24) is 9.80 Å². The molecule has 3 rings (SSSR count). The fourth-order valence-electron chi connectivity index (χ4n) is 3.62. The molecule has 1 fully saturated rings. The first-order valence-corrected chi connectivity index (χ1v) is 10.2. The van der Waals surface area contributed by atoms with Crippen molar-refractivity contribution in [1.29, 1.82) is 0 Å². The SMILES string of the molecule is CN(C(=O)Cl)C1CCN(C(=O)OC(C)(C)c2ccc(-c3ccccc3)cc2)CC1. The topological polar surface area (TPSA) is 49.9 Å². The van der Waals surface area contributed by atoms with E-state index in [1.54, 1.807) is 11.9 Å². The Bertz CT molecular complexity index is 844. The predicted molar refractivity (Wildman–Crippen MR) is 115 cm³/mol. The number of halogens is 1. The van der Waals surface area contributed by atoms with Gasteiger partial charge in [0.05, 0.1) is 0 Å². The van der Waals surface area contributed by atoms with Crippen LogP contribution in [0.4, 0.5) is 9.59 Å². The van der Waals surface area contributed by atoms with E-state index in [0.717, 1.165) is 16.7 Å². The summed E-state index contributed by atoms with van der Waals surface area (Å²) in [5.74, 6) is 0. The van der Waals surface area contributed by atoms with Gasteiger partial charge in [-0.25, -0.2) is 4.79 Å². The summed E-state index contributed by atoms with van der Waals surface area (Å²) >= 11 is 5.55. The van der Waals surface area contributed by atoms with Crippen molar-refractivity contribution in [3.8, 4) is 11.1 Å². The minimum Gasteiger partial charge on any atom is -0.438 e. The highest BCUT2D eigenvalue weighted by Crippen LogP contribution is 2.29. The molecule has 1 heterocycles. The highest BCUT2D eigenvalue weighted by atomic mass is 35.5. The molecule has 1 aliphatic rings. The molecule has 0 bridgehead atoms. The molecule has 0 N–H and O–H groups in total. The van der Waals surface area contributed by atoms with Crippen LogP contribution < -0.4 is 0 Å². The van der Waals surface area contributed by atoms with Gasteiger partial charge in [-0.05, 0) is 55.0 Å². The van der Waals surface area contributed by atoms with Crippen LogP contribution in [0.15, 0.2) is 54.6 Å². The van der Waals surface area contributed by atoms with Crippen molar-refractivity contribution in [3.63, 3.8) is 0 Å². The maximum atomic E-state index is 12.7. The fraction of sp³-hybridized carbons (Fsp3) is 0.391. The number of nitrogens with zero attached hydrogens (tertiary/aromatic N) is 2. The molecule has 29 heavy (non-hydrogen) atoms. The van der Waals surface area contributed by atoms with Gasteiger partial charge in [-0.2, -0.15) is 0 Å². The van der Waals surface area contributed by atoms with E-state index in [9.17, 15) is 9.59 Å². The quantitative estimate of drug-likeness (QED) is 0.491. The molecular weight excluding hydrogens is 388 g/mol. The molecule has 0 aromatic heterocycles. The van der Waals surface area contributed by atoms with E-state index in [2.05, 4.69) is 12.1 Å². The zero-order chi connectivity index (χ0) is 21.0. The smallest absolute Gasteiger partial charge is 0.410 e. The summed E-state index contributed by atoms with van der Waals surface area (Å²) in [6.45, 7) is 4.88. The largest absolute Gasteiger partial charge is 0.438 e. The Labute approximate surface area is 177 Å². The Balaban J connectivity index is 1.60. The summed E-state index contributed by atoms with van der Waals surface area (Å²) in [4.78, 5) is 27.2. The van der Waals surface area contributed by atoms with Crippen LogP contribution >= 0.6 is 11.6 Å². The third-order valence-corrected chi connectivity index (χ3v) is 5.84. The van der Waals surface area contributed by atoms with Gasteiger partial charge in [0.2, 0.25) is 0 Å². The van der Waals surface area contributed by atoms with E-state index >= 15 is 0 Å². The second kappa shape index (κ2) is 8.87. The summed E-state index contributed by atoms with van der Waals surface area (Å²) in [7, 11) is 1.69. The first-order valence-electron chi connectivity index (χ1n) is 9.84. The molecule has 2 aromatic rings. The maximum absolute atomic E-state index is 12.7. The van der Waals surface area contributed by atoms with Crippen LogP contribution in [-0.2, 0) is 10.3 Å². The standard InChI is InChI=1S/C23H27ClN2O3/c1-23(2,19-11-9-18(10-12-19)17-7-5-4-6-8-17)29-22(28)26-15-13-20(14-16-26)25(3)21(24)27/h4-12,20H,13-16H2,1-3H3. The molecule has 0 spiro atoms. The van der Waals surface area contributed by atoms with Crippen LogP contribution in [0, 0.1) is 0 Å². The average Bonchev–Trinajstić information content (AvgIpc) is 2.73. The Kier molecular flexibility index (Phi) is 6.48. The maximum Gasteiger partial charge on any atom is 0.410 e. The molecule has 1 saturated heterocycles. The lowest BCUT2D eigenvalue weighted by Gasteiger charge is -2.37. The van der Waals surface area contributed by atoms with Crippen molar-refractivity contribution in [3.05, 3.63) is 60.2 Å². The fourth-order valence-corrected chi connectivity index (χ4v) is 3.75. The number of rotatable bonds is 4. The normalized spacial score (nSPS) is 15.1. The van der Waals surface area contributed by atoms with E-state index in [1.165, 1.54) is 4.90 Å². The molecule has 2 amide bonds. The summed E-state index contributed by atoms with van der Waals surface area (Å²) in [6, 6.07) is 18.3. The third kappa shape index (κ3) is 5.10. The van der Waals surface area contributed by atoms with Gasteiger partial charge in [-0.3, -0.25) is 4.79 Å². The van der Waals surface area contributed by atoms with Crippen molar-refractivity contribution in [2.24, 2.45) is 0 Å². The molecule has 0 radical (unpaired) electrons. The molecule has 0 atom stereocenters. The average molecular weight is 415 g/mol. The molecule has 0 saturated carbocycles. The van der Waals surface area contributed by atoms with E-state index in [-0.39, 0.29) is 12.1 Å². The minimum absolute atomic E-state index is 0.0580. The van der Waals surface area contributed by atoms with E-state index in [0.29, 0.717) is 25.9 Å². The first kappa shape index (κ1) is 21.2. The summed E-state index contributed by atoms with van der Waals surface area (Å²) in [6.07, 6.45) is 1.05. The molecular formula is C23H27ClN2O3. The molecule has 0 aliphatic carbocycles. The van der Waals surface area contributed by atoms with Crippen LogP contribution in [-0.4, -0.2) is 47.4 Å². The van der Waals surface area contributed by atoms with E-state index < -0.39 is 11.0 Å². The molecule has 1 aliphatic heterocycles. The Morgan fingerprint density at radius 3 is 2.10 bits per heavy atom. The van der Waals surface area contributed by atoms with Crippen molar-refractivity contribution < 1.29 is 14.3 Å². The Hall–Kier alpha value is -2.53. The van der Waals surface area contributed by atoms with Gasteiger partial charge in [0.25, 0.3) is 0 Å². The molecule has 0 unspecified atom stereocenters. The molecule has 154 valence electrons.